The summed E-state index contributed by atoms with van der Waals surface area (Å²) in [7, 11) is 4.54. The first kappa shape index (κ1) is 24.6. The predicted octanol–water partition coefficient (Wildman–Crippen LogP) is 4.81. The largest absolute Gasteiger partial charge is 0.493 e. The summed E-state index contributed by atoms with van der Waals surface area (Å²) in [6, 6.07) is 7.83. The van der Waals surface area contributed by atoms with Gasteiger partial charge in [0.2, 0.25) is 5.75 Å². The van der Waals surface area contributed by atoms with E-state index >= 15 is 0 Å². The van der Waals surface area contributed by atoms with E-state index in [0.717, 1.165) is 50.0 Å². The maximum Gasteiger partial charge on any atom is 0.411 e. The molecule has 0 radical (unpaired) electrons. The summed E-state index contributed by atoms with van der Waals surface area (Å²) >= 11 is 0. The van der Waals surface area contributed by atoms with Gasteiger partial charge in [0.25, 0.3) is 0 Å². The second-order valence-electron chi connectivity index (χ2n) is 8.35. The highest BCUT2D eigenvalue weighted by molar-refractivity contribution is 5.86. The van der Waals surface area contributed by atoms with Gasteiger partial charge < -0.3 is 28.4 Å². The highest BCUT2D eigenvalue weighted by atomic mass is 19.1. The molecule has 10 heteroatoms. The molecule has 9 nitrogen and oxygen atoms in total. The summed E-state index contributed by atoms with van der Waals surface area (Å²) in [5.41, 5.74) is 1.88. The number of hydrogen-bond donors (Lipinski definition) is 1. The predicted molar refractivity (Wildman–Crippen MR) is 128 cm³/mol. The molecule has 4 rings (SSSR count). The van der Waals surface area contributed by atoms with E-state index in [2.05, 4.69) is 15.4 Å². The molecule has 1 saturated heterocycles. The molecular weight excluding hydrogens is 457 g/mol. The summed E-state index contributed by atoms with van der Waals surface area (Å²) in [6.07, 6.45) is 2.06. The average Bonchev–Trinajstić information content (AvgIpc) is 3.29. The number of carbonyl (C=O) groups excluding carboxylic acids is 1. The van der Waals surface area contributed by atoms with E-state index in [0.29, 0.717) is 41.0 Å². The van der Waals surface area contributed by atoms with E-state index in [1.165, 1.54) is 33.5 Å². The number of halogens is 1. The van der Waals surface area contributed by atoms with Gasteiger partial charge in [0.1, 0.15) is 5.82 Å². The molecule has 0 atom stereocenters. The fraction of sp³-hybridized carbons (Fsp3) is 0.440. The van der Waals surface area contributed by atoms with Crippen LogP contribution in [0.15, 0.2) is 34.9 Å². The molecule has 1 aromatic heterocycles. The molecule has 0 bridgehead atoms. The monoisotopic (exact) mass is 487 g/mol. The number of carbonyl (C=O) groups is 1. The molecule has 1 aliphatic heterocycles. The number of anilines is 1. The molecule has 35 heavy (non-hydrogen) atoms. The van der Waals surface area contributed by atoms with Crippen molar-refractivity contribution in [1.29, 1.82) is 0 Å². The Hall–Kier alpha value is -3.53. The molecule has 3 aromatic rings. The number of amides is 1. The van der Waals surface area contributed by atoms with Crippen LogP contribution in [0.4, 0.5) is 14.9 Å². The van der Waals surface area contributed by atoms with Crippen LogP contribution in [-0.2, 0) is 4.74 Å². The average molecular weight is 488 g/mol. The van der Waals surface area contributed by atoms with Gasteiger partial charge in [-0.3, -0.25) is 5.32 Å². The van der Waals surface area contributed by atoms with E-state index in [1.807, 2.05) is 0 Å². The molecule has 0 saturated carbocycles. The van der Waals surface area contributed by atoms with Crippen molar-refractivity contribution >= 4 is 22.7 Å². The number of benzene rings is 2. The SMILES string of the molecule is COc1cc(NC(=O)OCCCN2CCC(c3noc4cc(F)ccc34)CC2)cc(OC)c1OC. The number of rotatable bonds is 9. The minimum Gasteiger partial charge on any atom is -0.493 e. The molecule has 2 aromatic carbocycles. The summed E-state index contributed by atoms with van der Waals surface area (Å²) in [5, 5.41) is 7.77. The molecule has 1 fully saturated rings. The van der Waals surface area contributed by atoms with Crippen molar-refractivity contribution in [2.45, 2.75) is 25.2 Å². The lowest BCUT2D eigenvalue weighted by molar-refractivity contribution is 0.145. The first-order valence-corrected chi connectivity index (χ1v) is 11.5. The van der Waals surface area contributed by atoms with Crippen LogP contribution in [0.3, 0.4) is 0 Å². The maximum atomic E-state index is 13.4. The van der Waals surface area contributed by atoms with Gasteiger partial charge in [0.15, 0.2) is 17.1 Å². The number of piperidine rings is 1. The van der Waals surface area contributed by atoms with Gasteiger partial charge in [-0.05, 0) is 44.5 Å². The third-order valence-electron chi connectivity index (χ3n) is 6.20. The van der Waals surface area contributed by atoms with Crippen molar-refractivity contribution in [3.63, 3.8) is 0 Å². The molecule has 188 valence electrons. The summed E-state index contributed by atoms with van der Waals surface area (Å²) in [5.74, 6) is 1.30. The summed E-state index contributed by atoms with van der Waals surface area (Å²) in [4.78, 5) is 14.6. The van der Waals surface area contributed by atoms with Crippen LogP contribution in [-0.4, -0.2) is 63.7 Å². The fourth-order valence-corrected chi connectivity index (χ4v) is 4.42. The number of likely N-dealkylation sites (tertiary alicyclic amines) is 1. The van der Waals surface area contributed by atoms with E-state index in [-0.39, 0.29) is 5.82 Å². The zero-order chi connectivity index (χ0) is 24.8. The smallest absolute Gasteiger partial charge is 0.411 e. The molecule has 0 unspecified atom stereocenters. The molecule has 1 aliphatic rings. The topological polar surface area (TPSA) is 95.3 Å². The van der Waals surface area contributed by atoms with Gasteiger partial charge in [0.05, 0.1) is 39.3 Å². The fourth-order valence-electron chi connectivity index (χ4n) is 4.42. The van der Waals surface area contributed by atoms with Gasteiger partial charge >= 0.3 is 6.09 Å². The molecule has 1 N–H and O–H groups in total. The van der Waals surface area contributed by atoms with Gasteiger partial charge in [-0.15, -0.1) is 0 Å². The lowest BCUT2D eigenvalue weighted by Gasteiger charge is -2.31. The Labute approximate surface area is 203 Å². The van der Waals surface area contributed by atoms with Crippen LogP contribution in [0.2, 0.25) is 0 Å². The maximum absolute atomic E-state index is 13.4. The van der Waals surface area contributed by atoms with Gasteiger partial charge in [-0.1, -0.05) is 5.16 Å². The first-order chi connectivity index (χ1) is 17.0. The number of methoxy groups -OCH3 is 3. The molecule has 2 heterocycles. The van der Waals surface area contributed by atoms with E-state index in [9.17, 15) is 9.18 Å². The zero-order valence-corrected chi connectivity index (χ0v) is 20.1. The Kier molecular flexibility index (Phi) is 7.91. The minimum absolute atomic E-state index is 0.290. The van der Waals surface area contributed by atoms with Crippen molar-refractivity contribution in [1.82, 2.24) is 10.1 Å². The second-order valence-corrected chi connectivity index (χ2v) is 8.35. The lowest BCUT2D eigenvalue weighted by atomic mass is 9.91. The van der Waals surface area contributed by atoms with Crippen LogP contribution in [0.5, 0.6) is 17.2 Å². The molecule has 0 spiro atoms. The number of fused-ring (bicyclic) bond motifs is 1. The standard InChI is InChI=1S/C25H30FN3O6/c1-31-21-14-18(15-22(32-2)24(21)33-3)27-25(30)34-12-4-9-29-10-7-16(8-11-29)23-19-6-5-17(26)13-20(19)35-28-23/h5-6,13-16H,4,7-12H2,1-3H3,(H,27,30). The third kappa shape index (κ3) is 5.76. The van der Waals surface area contributed by atoms with Crippen LogP contribution in [0.25, 0.3) is 11.0 Å². The normalized spacial score (nSPS) is 14.6. The molecular formula is C25H30FN3O6. The Bertz CT molecular complexity index is 1130. The molecule has 1 amide bonds. The third-order valence-corrected chi connectivity index (χ3v) is 6.20. The number of aromatic nitrogens is 1. The van der Waals surface area contributed by atoms with Gasteiger partial charge in [-0.25, -0.2) is 9.18 Å². The number of ether oxygens (including phenoxy) is 4. The van der Waals surface area contributed by atoms with E-state index < -0.39 is 6.09 Å². The van der Waals surface area contributed by atoms with Gasteiger partial charge in [0, 0.05) is 36.0 Å². The quantitative estimate of drug-likeness (QED) is 0.430. The van der Waals surface area contributed by atoms with Crippen molar-refractivity contribution < 1.29 is 32.7 Å². The lowest BCUT2D eigenvalue weighted by Crippen LogP contribution is -2.34. The first-order valence-electron chi connectivity index (χ1n) is 11.5. The number of nitrogens with one attached hydrogen (secondary N) is 1. The molecule has 0 aliphatic carbocycles. The Morgan fingerprint density at radius 2 is 1.83 bits per heavy atom. The van der Waals surface area contributed by atoms with Crippen molar-refractivity contribution in [3.8, 4) is 17.2 Å². The minimum atomic E-state index is -0.549. The Balaban J connectivity index is 1.20. The highest BCUT2D eigenvalue weighted by Gasteiger charge is 2.25. The Morgan fingerprint density at radius 1 is 1.11 bits per heavy atom. The van der Waals surface area contributed by atoms with Crippen molar-refractivity contribution in [2.75, 3.05) is 52.9 Å². The van der Waals surface area contributed by atoms with Gasteiger partial charge in [-0.2, -0.15) is 0 Å². The van der Waals surface area contributed by atoms with Crippen LogP contribution >= 0.6 is 0 Å². The van der Waals surface area contributed by atoms with E-state index in [1.54, 1.807) is 18.2 Å². The number of hydrogen-bond acceptors (Lipinski definition) is 8. The second kappa shape index (κ2) is 11.3. The number of nitrogens with zero attached hydrogens (tertiary/aromatic N) is 2. The van der Waals surface area contributed by atoms with Crippen LogP contribution in [0.1, 0.15) is 30.9 Å². The van der Waals surface area contributed by atoms with Crippen molar-refractivity contribution in [3.05, 3.63) is 41.8 Å². The summed E-state index contributed by atoms with van der Waals surface area (Å²) in [6.45, 7) is 2.96. The van der Waals surface area contributed by atoms with Crippen LogP contribution in [0, 0.1) is 5.82 Å². The van der Waals surface area contributed by atoms with E-state index in [4.69, 9.17) is 23.5 Å². The highest BCUT2D eigenvalue weighted by Crippen LogP contribution is 2.40. The zero-order valence-electron chi connectivity index (χ0n) is 20.1. The summed E-state index contributed by atoms with van der Waals surface area (Å²) < 4.78 is 39.9. The van der Waals surface area contributed by atoms with Crippen molar-refractivity contribution in [2.24, 2.45) is 0 Å². The van der Waals surface area contributed by atoms with Crippen LogP contribution < -0.4 is 19.5 Å². The Morgan fingerprint density at radius 3 is 2.49 bits per heavy atom.